The lowest BCUT2D eigenvalue weighted by molar-refractivity contribution is -0.117. The maximum absolute atomic E-state index is 13.6. The molecule has 0 bridgehead atoms. The Kier molecular flexibility index (Phi) is 8.32. The van der Waals surface area contributed by atoms with Gasteiger partial charge in [-0.25, -0.2) is 9.37 Å². The minimum Gasteiger partial charge on any atom is -0.325 e. The number of carbonyl (C=O) groups is 2. The van der Waals surface area contributed by atoms with E-state index in [0.29, 0.717) is 10.9 Å². The van der Waals surface area contributed by atoms with E-state index in [2.05, 4.69) is 15.6 Å². The van der Waals surface area contributed by atoms with Crippen molar-refractivity contribution in [1.29, 1.82) is 0 Å². The SMILES string of the molecule is Cc1ccc(C)c(NC(=O)Cn2c(-c3ccc(F)cc3)cnc2S[C@H](C)C(=O)Nc2c(C)cccc2C)c1. The van der Waals surface area contributed by atoms with Gasteiger partial charge in [0.05, 0.1) is 17.1 Å². The number of carbonyl (C=O) groups excluding carboxylic acids is 2. The number of benzene rings is 3. The maximum atomic E-state index is 13.6. The Morgan fingerprint density at radius 1 is 0.947 bits per heavy atom. The van der Waals surface area contributed by atoms with Gasteiger partial charge in [-0.2, -0.15) is 0 Å². The molecule has 0 saturated carbocycles. The number of aromatic nitrogens is 2. The fraction of sp³-hybridized carbons (Fsp3) is 0.233. The van der Waals surface area contributed by atoms with Crippen LogP contribution in [0.2, 0.25) is 0 Å². The molecule has 0 aliphatic heterocycles. The number of hydrogen-bond donors (Lipinski definition) is 2. The number of para-hydroxylation sites is 1. The monoisotopic (exact) mass is 530 g/mol. The minimum absolute atomic E-state index is 0.0202. The molecule has 6 nitrogen and oxygen atoms in total. The van der Waals surface area contributed by atoms with Crippen LogP contribution in [-0.4, -0.2) is 26.6 Å². The summed E-state index contributed by atoms with van der Waals surface area (Å²) in [7, 11) is 0. The highest BCUT2D eigenvalue weighted by molar-refractivity contribution is 8.00. The van der Waals surface area contributed by atoms with Crippen LogP contribution in [0.1, 0.15) is 29.2 Å². The molecule has 4 rings (SSSR count). The van der Waals surface area contributed by atoms with Gasteiger partial charge in [0.1, 0.15) is 12.4 Å². The van der Waals surface area contributed by atoms with Crippen molar-refractivity contribution >= 4 is 35.0 Å². The van der Waals surface area contributed by atoms with Crippen LogP contribution in [0.5, 0.6) is 0 Å². The highest BCUT2D eigenvalue weighted by Gasteiger charge is 2.22. The topological polar surface area (TPSA) is 76.0 Å². The van der Waals surface area contributed by atoms with Crippen molar-refractivity contribution in [2.24, 2.45) is 0 Å². The number of halogens is 1. The fourth-order valence-electron chi connectivity index (χ4n) is 4.11. The lowest BCUT2D eigenvalue weighted by Crippen LogP contribution is -2.25. The van der Waals surface area contributed by atoms with Gasteiger partial charge in [0.2, 0.25) is 11.8 Å². The average molecular weight is 531 g/mol. The zero-order valence-corrected chi connectivity index (χ0v) is 22.9. The molecular weight excluding hydrogens is 499 g/mol. The van der Waals surface area contributed by atoms with Crippen molar-refractivity contribution in [2.75, 3.05) is 10.6 Å². The third-order valence-corrected chi connectivity index (χ3v) is 7.41. The summed E-state index contributed by atoms with van der Waals surface area (Å²) in [6.07, 6.45) is 1.65. The van der Waals surface area contributed by atoms with Crippen LogP contribution in [-0.2, 0) is 16.1 Å². The normalized spacial score (nSPS) is 11.7. The zero-order valence-electron chi connectivity index (χ0n) is 22.1. The van der Waals surface area contributed by atoms with Crippen LogP contribution >= 0.6 is 11.8 Å². The maximum Gasteiger partial charge on any atom is 0.244 e. The summed E-state index contributed by atoms with van der Waals surface area (Å²) in [6, 6.07) is 17.8. The number of aryl methyl sites for hydroxylation is 4. The van der Waals surface area contributed by atoms with Gasteiger partial charge >= 0.3 is 0 Å². The van der Waals surface area contributed by atoms with Crippen LogP contribution < -0.4 is 10.6 Å². The van der Waals surface area contributed by atoms with Crippen LogP contribution in [0.3, 0.4) is 0 Å². The molecule has 0 fully saturated rings. The van der Waals surface area contributed by atoms with Gasteiger partial charge < -0.3 is 15.2 Å². The van der Waals surface area contributed by atoms with Gasteiger partial charge in [-0.3, -0.25) is 9.59 Å². The van der Waals surface area contributed by atoms with E-state index in [1.807, 2.05) is 64.1 Å². The lowest BCUT2D eigenvalue weighted by atomic mass is 10.1. The van der Waals surface area contributed by atoms with Crippen molar-refractivity contribution in [1.82, 2.24) is 9.55 Å². The molecule has 0 aliphatic carbocycles. The first kappa shape index (κ1) is 27.1. The number of nitrogens with zero attached hydrogens (tertiary/aromatic N) is 2. The molecule has 0 saturated heterocycles. The Labute approximate surface area is 226 Å². The summed E-state index contributed by atoms with van der Waals surface area (Å²) in [5.41, 5.74) is 6.89. The molecule has 196 valence electrons. The molecule has 0 spiro atoms. The average Bonchev–Trinajstić information content (AvgIpc) is 3.25. The second kappa shape index (κ2) is 11.6. The quantitative estimate of drug-likeness (QED) is 0.249. The molecule has 0 aliphatic rings. The van der Waals surface area contributed by atoms with Crippen LogP contribution in [0.15, 0.2) is 72.0 Å². The number of nitrogens with one attached hydrogen (secondary N) is 2. The van der Waals surface area contributed by atoms with Crippen molar-refractivity contribution < 1.29 is 14.0 Å². The second-order valence-electron chi connectivity index (χ2n) is 9.40. The smallest absolute Gasteiger partial charge is 0.244 e. The fourth-order valence-corrected chi connectivity index (χ4v) is 4.99. The molecule has 1 aromatic heterocycles. The van der Waals surface area contributed by atoms with Crippen molar-refractivity contribution in [2.45, 2.75) is 51.6 Å². The summed E-state index contributed by atoms with van der Waals surface area (Å²) >= 11 is 1.27. The van der Waals surface area contributed by atoms with Crippen LogP contribution in [0.25, 0.3) is 11.3 Å². The molecule has 1 heterocycles. The number of imidazole rings is 1. The highest BCUT2D eigenvalue weighted by atomic mass is 32.2. The molecule has 0 unspecified atom stereocenters. The van der Waals surface area contributed by atoms with Crippen molar-refractivity contribution in [3.05, 3.63) is 94.9 Å². The number of rotatable bonds is 8. The van der Waals surface area contributed by atoms with E-state index >= 15 is 0 Å². The summed E-state index contributed by atoms with van der Waals surface area (Å²) in [4.78, 5) is 30.8. The van der Waals surface area contributed by atoms with E-state index in [9.17, 15) is 14.0 Å². The summed E-state index contributed by atoms with van der Waals surface area (Å²) < 4.78 is 15.4. The van der Waals surface area contributed by atoms with Crippen molar-refractivity contribution in [3.8, 4) is 11.3 Å². The van der Waals surface area contributed by atoms with E-state index in [1.165, 1.54) is 23.9 Å². The highest BCUT2D eigenvalue weighted by Crippen LogP contribution is 2.30. The van der Waals surface area contributed by atoms with E-state index in [4.69, 9.17) is 0 Å². The van der Waals surface area contributed by atoms with E-state index in [1.54, 1.807) is 29.8 Å². The van der Waals surface area contributed by atoms with Gasteiger partial charge in [0.25, 0.3) is 0 Å². The Morgan fingerprint density at radius 2 is 1.63 bits per heavy atom. The third-order valence-electron chi connectivity index (χ3n) is 6.31. The molecule has 8 heteroatoms. The molecule has 3 aromatic carbocycles. The van der Waals surface area contributed by atoms with E-state index in [0.717, 1.165) is 39.2 Å². The van der Waals surface area contributed by atoms with Gasteiger partial charge in [-0.1, -0.05) is 42.1 Å². The van der Waals surface area contributed by atoms with E-state index < -0.39 is 5.25 Å². The number of thioether (sulfide) groups is 1. The minimum atomic E-state index is -0.488. The molecule has 2 N–H and O–H groups in total. The Balaban J connectivity index is 1.59. The number of anilines is 2. The zero-order chi connectivity index (χ0) is 27.4. The summed E-state index contributed by atoms with van der Waals surface area (Å²) in [6.45, 7) is 9.60. The van der Waals surface area contributed by atoms with Gasteiger partial charge in [0, 0.05) is 11.4 Å². The third kappa shape index (κ3) is 6.31. The van der Waals surface area contributed by atoms with Crippen LogP contribution in [0, 0.1) is 33.5 Å². The predicted octanol–water partition coefficient (Wildman–Crippen LogP) is 6.68. The van der Waals surface area contributed by atoms with Crippen molar-refractivity contribution in [3.63, 3.8) is 0 Å². The summed E-state index contributed by atoms with van der Waals surface area (Å²) in [5.74, 6) is -0.737. The molecule has 38 heavy (non-hydrogen) atoms. The Hall–Kier alpha value is -3.91. The molecule has 1 atom stereocenters. The molecule has 0 radical (unpaired) electrons. The molecule has 4 aromatic rings. The van der Waals surface area contributed by atoms with Crippen LogP contribution in [0.4, 0.5) is 15.8 Å². The predicted molar refractivity (Wildman–Crippen MR) is 152 cm³/mol. The first-order valence-electron chi connectivity index (χ1n) is 12.3. The number of amides is 2. The molecular formula is C30H31FN4O2S. The molecule has 2 amide bonds. The second-order valence-corrected chi connectivity index (χ2v) is 10.7. The lowest BCUT2D eigenvalue weighted by Gasteiger charge is -2.17. The summed E-state index contributed by atoms with van der Waals surface area (Å²) in [5, 5.41) is 6.05. The Morgan fingerprint density at radius 3 is 2.32 bits per heavy atom. The first-order chi connectivity index (χ1) is 18.1. The first-order valence-corrected chi connectivity index (χ1v) is 13.2. The standard InChI is InChI=1S/C30H31FN4O2S/c1-18-9-10-19(2)25(15-18)33-27(36)17-35-26(23-11-13-24(31)14-12-23)16-32-30(35)38-22(5)29(37)34-28-20(3)7-6-8-21(28)4/h6-16,22H,17H2,1-5H3,(H,33,36)(H,34,37)/t22-/m1/s1. The van der Waals surface area contributed by atoms with Gasteiger partial charge in [-0.15, -0.1) is 0 Å². The largest absolute Gasteiger partial charge is 0.325 e. The van der Waals surface area contributed by atoms with Gasteiger partial charge in [-0.05, 0) is 92.8 Å². The van der Waals surface area contributed by atoms with Gasteiger partial charge in [0.15, 0.2) is 5.16 Å². The van der Waals surface area contributed by atoms with E-state index in [-0.39, 0.29) is 24.2 Å². The Bertz CT molecular complexity index is 1460. The number of hydrogen-bond acceptors (Lipinski definition) is 4.